The molecular weight excluding hydrogens is 432 g/mol. The molecule has 0 amide bonds. The van der Waals surface area contributed by atoms with Crippen LogP contribution in [0.25, 0.3) is 11.8 Å². The molecule has 0 aliphatic carbocycles. The summed E-state index contributed by atoms with van der Waals surface area (Å²) in [6, 6.07) is 5.85. The van der Waals surface area contributed by atoms with E-state index in [0.29, 0.717) is 24.4 Å². The Morgan fingerprint density at radius 1 is 1.15 bits per heavy atom. The summed E-state index contributed by atoms with van der Waals surface area (Å²) in [5.41, 5.74) is 2.68. The fourth-order valence-corrected chi connectivity index (χ4v) is 4.01. The first kappa shape index (κ1) is 26.9. The van der Waals surface area contributed by atoms with Crippen molar-refractivity contribution in [3.05, 3.63) is 47.6 Å². The predicted molar refractivity (Wildman–Crippen MR) is 136 cm³/mol. The molecule has 33 heavy (non-hydrogen) atoms. The zero-order valence-electron chi connectivity index (χ0n) is 21.9. The lowest BCUT2D eigenvalue weighted by molar-refractivity contribution is -0.150. The van der Waals surface area contributed by atoms with Crippen molar-refractivity contribution >= 4 is 20.4 Å². The van der Waals surface area contributed by atoms with Gasteiger partial charge in [-0.25, -0.2) is 9.78 Å². The third kappa shape index (κ3) is 7.57. The zero-order valence-corrected chi connectivity index (χ0v) is 22.9. The molecule has 0 saturated heterocycles. The number of carbonyl (C=O) groups is 1. The van der Waals surface area contributed by atoms with E-state index in [4.69, 9.17) is 13.9 Å². The SMILES string of the molecule is COc1cc(/C=C(\CCO[Si](C)(C)C(C)(C)C)C(=O)OC(C)(C)C)ccc1-n1cnc(C)c1. The average Bonchev–Trinajstić information content (AvgIpc) is 3.10. The molecule has 0 spiro atoms. The molecule has 2 rings (SSSR count). The van der Waals surface area contributed by atoms with E-state index in [0.717, 1.165) is 16.9 Å². The summed E-state index contributed by atoms with van der Waals surface area (Å²) in [4.78, 5) is 17.3. The van der Waals surface area contributed by atoms with E-state index in [9.17, 15) is 4.79 Å². The van der Waals surface area contributed by atoms with Crippen molar-refractivity contribution in [2.75, 3.05) is 13.7 Å². The minimum Gasteiger partial charge on any atom is -0.495 e. The number of carbonyl (C=O) groups excluding carboxylic acids is 1. The first-order valence-electron chi connectivity index (χ1n) is 11.4. The van der Waals surface area contributed by atoms with Crippen molar-refractivity contribution < 1.29 is 18.7 Å². The van der Waals surface area contributed by atoms with Gasteiger partial charge >= 0.3 is 5.97 Å². The monoisotopic (exact) mass is 472 g/mol. The smallest absolute Gasteiger partial charge is 0.334 e. The second-order valence-electron chi connectivity index (χ2n) is 10.9. The minimum absolute atomic E-state index is 0.109. The van der Waals surface area contributed by atoms with Gasteiger partial charge in [-0.05, 0) is 69.6 Å². The standard InChI is InChI=1S/C26H40N2O4Si/c1-19-17-28(18-27-19)22-12-11-20(16-23(22)30-8)15-21(24(29)32-25(2,3)4)13-14-31-33(9,10)26(5,6)7/h11-12,15-18H,13-14H2,1-10H3/b21-15+. The number of aryl methyl sites for hydroxylation is 1. The summed E-state index contributed by atoms with van der Waals surface area (Å²) in [6.45, 7) is 19.1. The van der Waals surface area contributed by atoms with Crippen molar-refractivity contribution in [2.45, 2.75) is 78.6 Å². The van der Waals surface area contributed by atoms with Gasteiger partial charge in [0.15, 0.2) is 8.32 Å². The highest BCUT2D eigenvalue weighted by Crippen LogP contribution is 2.36. The molecule has 0 fully saturated rings. The van der Waals surface area contributed by atoms with E-state index in [-0.39, 0.29) is 11.0 Å². The van der Waals surface area contributed by atoms with Gasteiger partial charge in [0.2, 0.25) is 0 Å². The van der Waals surface area contributed by atoms with Crippen LogP contribution >= 0.6 is 0 Å². The number of hydrogen-bond donors (Lipinski definition) is 0. The molecule has 0 atom stereocenters. The summed E-state index contributed by atoms with van der Waals surface area (Å²) >= 11 is 0. The van der Waals surface area contributed by atoms with E-state index in [1.165, 1.54) is 0 Å². The Morgan fingerprint density at radius 3 is 2.33 bits per heavy atom. The quantitative estimate of drug-likeness (QED) is 0.255. The van der Waals surface area contributed by atoms with Gasteiger partial charge in [-0.2, -0.15) is 0 Å². The summed E-state index contributed by atoms with van der Waals surface area (Å²) in [5, 5.41) is 0.109. The second-order valence-corrected chi connectivity index (χ2v) is 15.7. The lowest BCUT2D eigenvalue weighted by atomic mass is 10.1. The minimum atomic E-state index is -1.91. The molecule has 0 unspecified atom stereocenters. The van der Waals surface area contributed by atoms with Gasteiger partial charge in [0.25, 0.3) is 0 Å². The fourth-order valence-electron chi connectivity index (χ4n) is 2.96. The Labute approximate surface area is 200 Å². The highest BCUT2D eigenvalue weighted by molar-refractivity contribution is 6.74. The molecular formula is C26H40N2O4Si. The number of benzene rings is 1. The van der Waals surface area contributed by atoms with Crippen LogP contribution in [0, 0.1) is 6.92 Å². The van der Waals surface area contributed by atoms with Crippen LogP contribution in [-0.4, -0.2) is 43.2 Å². The Morgan fingerprint density at radius 2 is 1.82 bits per heavy atom. The van der Waals surface area contributed by atoms with Crippen molar-refractivity contribution in [3.8, 4) is 11.4 Å². The zero-order chi connectivity index (χ0) is 25.0. The van der Waals surface area contributed by atoms with Crippen LogP contribution in [0.4, 0.5) is 0 Å². The maximum absolute atomic E-state index is 13.0. The molecule has 182 valence electrons. The van der Waals surface area contributed by atoms with Gasteiger partial charge in [0.1, 0.15) is 11.4 Å². The lowest BCUT2D eigenvalue weighted by Crippen LogP contribution is -2.41. The normalized spacial score (nSPS) is 13.2. The third-order valence-corrected chi connectivity index (χ3v) is 10.4. The molecule has 0 aliphatic rings. The summed E-state index contributed by atoms with van der Waals surface area (Å²) in [6.07, 6.45) is 6.05. The first-order chi connectivity index (χ1) is 15.1. The molecule has 0 radical (unpaired) electrons. The van der Waals surface area contributed by atoms with E-state index in [1.807, 2.05) is 62.7 Å². The van der Waals surface area contributed by atoms with E-state index < -0.39 is 13.9 Å². The summed E-state index contributed by atoms with van der Waals surface area (Å²) < 4.78 is 19.5. The van der Waals surface area contributed by atoms with E-state index in [1.54, 1.807) is 13.4 Å². The van der Waals surface area contributed by atoms with Gasteiger partial charge in [-0.3, -0.25) is 0 Å². The Kier molecular flexibility index (Phi) is 8.35. The lowest BCUT2D eigenvalue weighted by Gasteiger charge is -2.36. The molecule has 2 aromatic rings. The highest BCUT2D eigenvalue weighted by atomic mass is 28.4. The number of nitrogens with zero attached hydrogens (tertiary/aromatic N) is 2. The van der Waals surface area contributed by atoms with Crippen LogP contribution in [0.2, 0.25) is 18.1 Å². The number of esters is 1. The molecule has 1 aromatic carbocycles. The average molecular weight is 473 g/mol. The van der Waals surface area contributed by atoms with Crippen molar-refractivity contribution in [3.63, 3.8) is 0 Å². The molecule has 0 bridgehead atoms. The summed E-state index contributed by atoms with van der Waals surface area (Å²) in [7, 11) is -0.274. The van der Waals surface area contributed by atoms with E-state index in [2.05, 4.69) is 38.8 Å². The molecule has 0 saturated carbocycles. The third-order valence-electron chi connectivity index (χ3n) is 5.84. The fraction of sp³-hybridized carbons (Fsp3) is 0.538. The Hall–Kier alpha value is -2.38. The molecule has 7 heteroatoms. The van der Waals surface area contributed by atoms with Crippen molar-refractivity contribution in [2.24, 2.45) is 0 Å². The number of aromatic nitrogens is 2. The second kappa shape index (κ2) is 10.3. The van der Waals surface area contributed by atoms with Gasteiger partial charge in [-0.15, -0.1) is 0 Å². The van der Waals surface area contributed by atoms with Gasteiger partial charge in [-0.1, -0.05) is 26.8 Å². The number of ether oxygens (including phenoxy) is 2. The van der Waals surface area contributed by atoms with E-state index >= 15 is 0 Å². The molecule has 0 N–H and O–H groups in total. The highest BCUT2D eigenvalue weighted by Gasteiger charge is 2.37. The van der Waals surface area contributed by atoms with Crippen LogP contribution in [0.5, 0.6) is 5.75 Å². The van der Waals surface area contributed by atoms with Crippen molar-refractivity contribution in [1.82, 2.24) is 9.55 Å². The molecule has 1 aromatic heterocycles. The Bertz CT molecular complexity index is 994. The van der Waals surface area contributed by atoms with Crippen molar-refractivity contribution in [1.29, 1.82) is 0 Å². The van der Waals surface area contributed by atoms with Crippen LogP contribution in [0.1, 0.15) is 59.2 Å². The van der Waals surface area contributed by atoms with Gasteiger partial charge in [0, 0.05) is 24.8 Å². The van der Waals surface area contributed by atoms with Gasteiger partial charge in [0.05, 0.1) is 24.8 Å². The largest absolute Gasteiger partial charge is 0.495 e. The number of rotatable bonds is 8. The molecule has 1 heterocycles. The van der Waals surface area contributed by atoms with Gasteiger partial charge < -0.3 is 18.5 Å². The van der Waals surface area contributed by atoms with Crippen LogP contribution in [0.3, 0.4) is 0 Å². The maximum atomic E-state index is 13.0. The molecule has 6 nitrogen and oxygen atoms in total. The Balaban J connectivity index is 2.33. The number of methoxy groups -OCH3 is 1. The summed E-state index contributed by atoms with van der Waals surface area (Å²) in [5.74, 6) is 0.372. The predicted octanol–water partition coefficient (Wildman–Crippen LogP) is 6.33. The van der Waals surface area contributed by atoms with Crippen LogP contribution in [-0.2, 0) is 14.0 Å². The first-order valence-corrected chi connectivity index (χ1v) is 14.3. The van der Waals surface area contributed by atoms with Crippen LogP contribution in [0.15, 0.2) is 36.3 Å². The number of imidazole rings is 1. The number of hydrogen-bond acceptors (Lipinski definition) is 5. The molecule has 0 aliphatic heterocycles. The topological polar surface area (TPSA) is 62.6 Å². The maximum Gasteiger partial charge on any atom is 0.334 e. The van der Waals surface area contributed by atoms with Crippen LogP contribution < -0.4 is 4.74 Å².